The van der Waals surface area contributed by atoms with E-state index in [0.29, 0.717) is 21.8 Å². The van der Waals surface area contributed by atoms with Crippen molar-refractivity contribution in [1.29, 1.82) is 0 Å². The lowest BCUT2D eigenvalue weighted by molar-refractivity contribution is 0.580. The summed E-state index contributed by atoms with van der Waals surface area (Å²) in [6.07, 6.45) is 0. The van der Waals surface area contributed by atoms with E-state index < -0.39 is 10.0 Å². The number of benzene rings is 2. The van der Waals surface area contributed by atoms with Crippen LogP contribution < -0.4 is 10.5 Å². The average Bonchev–Trinajstić information content (AvgIpc) is 2.42. The SMILES string of the molecule is Cc1ccc(N)c(C)c1S(=O)(=O)NCc1ccccc1Cl. The quantitative estimate of drug-likeness (QED) is 0.849. The van der Waals surface area contributed by atoms with Gasteiger partial charge in [-0.2, -0.15) is 0 Å². The second-order valence-electron chi connectivity index (χ2n) is 4.84. The van der Waals surface area contributed by atoms with Gasteiger partial charge in [0, 0.05) is 17.3 Å². The zero-order valence-electron chi connectivity index (χ0n) is 11.9. The van der Waals surface area contributed by atoms with Crippen LogP contribution in [0.15, 0.2) is 41.3 Å². The average molecular weight is 325 g/mol. The van der Waals surface area contributed by atoms with E-state index in [4.69, 9.17) is 17.3 Å². The first kappa shape index (κ1) is 15.8. The van der Waals surface area contributed by atoms with E-state index in [2.05, 4.69) is 4.72 Å². The number of anilines is 1. The van der Waals surface area contributed by atoms with Gasteiger partial charge in [0.2, 0.25) is 10.0 Å². The number of hydrogen-bond acceptors (Lipinski definition) is 3. The Morgan fingerprint density at radius 3 is 2.48 bits per heavy atom. The molecule has 4 nitrogen and oxygen atoms in total. The first-order valence-corrected chi connectivity index (χ1v) is 8.28. The highest BCUT2D eigenvalue weighted by Crippen LogP contribution is 2.25. The molecule has 3 N–H and O–H groups in total. The molecule has 112 valence electrons. The topological polar surface area (TPSA) is 72.2 Å². The molecule has 0 aliphatic heterocycles. The van der Waals surface area contributed by atoms with E-state index in [1.807, 2.05) is 6.07 Å². The highest BCUT2D eigenvalue weighted by molar-refractivity contribution is 7.89. The highest BCUT2D eigenvalue weighted by atomic mass is 35.5. The lowest BCUT2D eigenvalue weighted by Crippen LogP contribution is -2.25. The van der Waals surface area contributed by atoms with Gasteiger partial charge in [0.15, 0.2) is 0 Å². The predicted octanol–water partition coefficient (Wildman–Crippen LogP) is 3.02. The van der Waals surface area contributed by atoms with Gasteiger partial charge in [0.1, 0.15) is 0 Å². The minimum Gasteiger partial charge on any atom is -0.398 e. The Morgan fingerprint density at radius 1 is 1.14 bits per heavy atom. The van der Waals surface area contributed by atoms with Crippen molar-refractivity contribution in [1.82, 2.24) is 4.72 Å². The Labute approximate surface area is 130 Å². The van der Waals surface area contributed by atoms with E-state index in [9.17, 15) is 8.42 Å². The summed E-state index contributed by atoms with van der Waals surface area (Å²) in [5.74, 6) is 0. The Hall–Kier alpha value is -1.56. The number of hydrogen-bond donors (Lipinski definition) is 2. The van der Waals surface area contributed by atoms with Gasteiger partial charge in [0.05, 0.1) is 4.90 Å². The van der Waals surface area contributed by atoms with Gasteiger partial charge in [-0.25, -0.2) is 13.1 Å². The first-order valence-electron chi connectivity index (χ1n) is 6.41. The smallest absolute Gasteiger partial charge is 0.241 e. The van der Waals surface area contributed by atoms with Crippen molar-refractivity contribution in [2.45, 2.75) is 25.3 Å². The van der Waals surface area contributed by atoms with Crippen LogP contribution in [0.4, 0.5) is 5.69 Å². The number of halogens is 1. The van der Waals surface area contributed by atoms with Crippen LogP contribution >= 0.6 is 11.6 Å². The zero-order chi connectivity index (χ0) is 15.6. The number of nitrogens with one attached hydrogen (secondary N) is 1. The van der Waals surface area contributed by atoms with Crippen molar-refractivity contribution < 1.29 is 8.42 Å². The highest BCUT2D eigenvalue weighted by Gasteiger charge is 2.20. The normalized spacial score (nSPS) is 11.6. The van der Waals surface area contributed by atoms with Gasteiger partial charge in [-0.15, -0.1) is 0 Å². The van der Waals surface area contributed by atoms with E-state index in [1.54, 1.807) is 44.2 Å². The Morgan fingerprint density at radius 2 is 1.81 bits per heavy atom. The number of sulfonamides is 1. The summed E-state index contributed by atoms with van der Waals surface area (Å²) in [6.45, 7) is 3.58. The van der Waals surface area contributed by atoms with Crippen molar-refractivity contribution in [2.75, 3.05) is 5.73 Å². The predicted molar refractivity (Wildman–Crippen MR) is 85.8 cm³/mol. The second-order valence-corrected chi connectivity index (χ2v) is 6.95. The van der Waals surface area contributed by atoms with Gasteiger partial charge >= 0.3 is 0 Å². The summed E-state index contributed by atoms with van der Waals surface area (Å²) >= 11 is 6.03. The molecule has 0 aromatic heterocycles. The third kappa shape index (κ3) is 3.37. The van der Waals surface area contributed by atoms with Crippen LogP contribution in [0, 0.1) is 13.8 Å². The van der Waals surface area contributed by atoms with Gasteiger partial charge in [-0.3, -0.25) is 0 Å². The van der Waals surface area contributed by atoms with Crippen molar-refractivity contribution in [3.8, 4) is 0 Å². The zero-order valence-corrected chi connectivity index (χ0v) is 13.4. The van der Waals surface area contributed by atoms with Crippen LogP contribution in [0.2, 0.25) is 5.02 Å². The summed E-state index contributed by atoms with van der Waals surface area (Å²) in [6, 6.07) is 10.5. The third-order valence-corrected chi connectivity index (χ3v) is 5.38. The monoisotopic (exact) mass is 324 g/mol. The van der Waals surface area contributed by atoms with E-state index >= 15 is 0 Å². The van der Waals surface area contributed by atoms with E-state index in [-0.39, 0.29) is 11.4 Å². The fourth-order valence-corrected chi connectivity index (χ4v) is 3.85. The van der Waals surface area contributed by atoms with Crippen LogP contribution in [-0.4, -0.2) is 8.42 Å². The summed E-state index contributed by atoms with van der Waals surface area (Å²) in [4.78, 5) is 0.231. The Balaban J connectivity index is 2.32. The van der Waals surface area contributed by atoms with Gasteiger partial charge < -0.3 is 5.73 Å². The van der Waals surface area contributed by atoms with Crippen LogP contribution in [0.25, 0.3) is 0 Å². The fourth-order valence-electron chi connectivity index (χ4n) is 2.14. The number of nitrogens with two attached hydrogens (primary N) is 1. The minimum absolute atomic E-state index is 0.135. The molecule has 0 unspecified atom stereocenters. The molecule has 0 aliphatic rings. The summed E-state index contributed by atoms with van der Waals surface area (Å²) < 4.78 is 27.6. The number of aryl methyl sites for hydroxylation is 1. The first-order chi connectivity index (χ1) is 9.83. The lowest BCUT2D eigenvalue weighted by Gasteiger charge is -2.14. The molecule has 2 aromatic rings. The molecule has 0 saturated carbocycles. The van der Waals surface area contributed by atoms with Crippen molar-refractivity contribution >= 4 is 27.3 Å². The molecule has 0 aliphatic carbocycles. The van der Waals surface area contributed by atoms with Crippen LogP contribution in [0.5, 0.6) is 0 Å². The molecule has 0 bridgehead atoms. The van der Waals surface area contributed by atoms with Crippen LogP contribution in [-0.2, 0) is 16.6 Å². The van der Waals surface area contributed by atoms with Crippen LogP contribution in [0.3, 0.4) is 0 Å². The maximum Gasteiger partial charge on any atom is 0.241 e. The molecule has 0 fully saturated rings. The molecular formula is C15H17ClN2O2S. The molecule has 0 spiro atoms. The van der Waals surface area contributed by atoms with Crippen molar-refractivity contribution in [2.24, 2.45) is 0 Å². The Bertz CT molecular complexity index is 773. The third-order valence-electron chi connectivity index (χ3n) is 3.32. The standard InChI is InChI=1S/C15H17ClN2O2S/c1-10-7-8-14(17)11(2)15(10)21(19,20)18-9-12-5-3-4-6-13(12)16/h3-8,18H,9,17H2,1-2H3. The van der Waals surface area contributed by atoms with Gasteiger partial charge in [-0.05, 0) is 42.7 Å². The van der Waals surface area contributed by atoms with Crippen molar-refractivity contribution in [3.05, 3.63) is 58.1 Å². The molecule has 21 heavy (non-hydrogen) atoms. The summed E-state index contributed by atoms with van der Waals surface area (Å²) in [5.41, 5.74) is 8.20. The number of rotatable bonds is 4. The maximum atomic E-state index is 12.5. The Kier molecular flexibility index (Phi) is 4.56. The molecule has 0 saturated heterocycles. The molecule has 0 heterocycles. The van der Waals surface area contributed by atoms with Crippen LogP contribution in [0.1, 0.15) is 16.7 Å². The molecular weight excluding hydrogens is 308 g/mol. The molecule has 0 radical (unpaired) electrons. The second kappa shape index (κ2) is 6.05. The summed E-state index contributed by atoms with van der Waals surface area (Å²) in [7, 11) is -3.65. The molecule has 0 atom stereocenters. The fraction of sp³-hybridized carbons (Fsp3) is 0.200. The largest absolute Gasteiger partial charge is 0.398 e. The number of nitrogen functional groups attached to an aromatic ring is 1. The maximum absolute atomic E-state index is 12.5. The van der Waals surface area contributed by atoms with E-state index in [0.717, 1.165) is 5.56 Å². The minimum atomic E-state index is -3.65. The van der Waals surface area contributed by atoms with Crippen molar-refractivity contribution in [3.63, 3.8) is 0 Å². The van der Waals surface area contributed by atoms with E-state index in [1.165, 1.54) is 0 Å². The molecule has 6 heteroatoms. The van der Waals surface area contributed by atoms with Gasteiger partial charge in [0.25, 0.3) is 0 Å². The lowest BCUT2D eigenvalue weighted by atomic mass is 10.1. The molecule has 0 amide bonds. The van der Waals surface area contributed by atoms with Gasteiger partial charge in [-0.1, -0.05) is 35.9 Å². The summed E-state index contributed by atoms with van der Waals surface area (Å²) in [5, 5.41) is 0.529. The molecule has 2 aromatic carbocycles. The molecule has 2 rings (SSSR count).